The van der Waals surface area contributed by atoms with Crippen LogP contribution in [-0.4, -0.2) is 15.7 Å². The molecule has 5 nitrogen and oxygen atoms in total. The van der Waals surface area contributed by atoms with Crippen LogP contribution in [0.5, 0.6) is 5.75 Å². The second kappa shape index (κ2) is 8.34. The Kier molecular flexibility index (Phi) is 5.69. The number of nitrogens with one attached hydrogen (secondary N) is 1. The van der Waals surface area contributed by atoms with Crippen LogP contribution in [0, 0.1) is 6.92 Å². The van der Waals surface area contributed by atoms with Crippen molar-refractivity contribution in [3.8, 4) is 5.75 Å². The average molecular weight is 349 g/mol. The lowest BCUT2D eigenvalue weighted by atomic mass is 10.0. The Morgan fingerprint density at radius 2 is 1.85 bits per heavy atom. The highest BCUT2D eigenvalue weighted by molar-refractivity contribution is 5.92. The molecular formula is C21H23N3O2. The predicted octanol–water partition coefficient (Wildman–Crippen LogP) is 4.11. The van der Waals surface area contributed by atoms with E-state index in [1.54, 1.807) is 16.9 Å². The van der Waals surface area contributed by atoms with E-state index in [0.29, 0.717) is 5.69 Å². The zero-order chi connectivity index (χ0) is 18.4. The summed E-state index contributed by atoms with van der Waals surface area (Å²) < 4.78 is 7.24. The topological polar surface area (TPSA) is 56.2 Å². The fourth-order valence-electron chi connectivity index (χ4n) is 2.66. The molecule has 1 heterocycles. The summed E-state index contributed by atoms with van der Waals surface area (Å²) in [4.78, 5) is 12.5. The zero-order valence-corrected chi connectivity index (χ0v) is 15.1. The van der Waals surface area contributed by atoms with Gasteiger partial charge in [0, 0.05) is 6.20 Å². The van der Waals surface area contributed by atoms with Crippen LogP contribution in [0.4, 0.5) is 0 Å². The van der Waals surface area contributed by atoms with Gasteiger partial charge >= 0.3 is 0 Å². The number of para-hydroxylation sites is 1. The molecule has 1 unspecified atom stereocenters. The SMILES string of the molecule is CCC(NC(=O)c1ccn(COc2ccccc2)n1)c1ccc(C)cc1. The van der Waals surface area contributed by atoms with Crippen LogP contribution in [0.25, 0.3) is 0 Å². The van der Waals surface area contributed by atoms with Crippen molar-refractivity contribution in [2.45, 2.75) is 33.0 Å². The highest BCUT2D eigenvalue weighted by atomic mass is 16.5. The van der Waals surface area contributed by atoms with E-state index in [2.05, 4.69) is 41.6 Å². The summed E-state index contributed by atoms with van der Waals surface area (Å²) in [5.74, 6) is 0.579. The highest BCUT2D eigenvalue weighted by Gasteiger charge is 2.16. The summed E-state index contributed by atoms with van der Waals surface area (Å²) >= 11 is 0. The lowest BCUT2D eigenvalue weighted by Crippen LogP contribution is -2.28. The highest BCUT2D eigenvalue weighted by Crippen LogP contribution is 2.17. The molecule has 3 aromatic rings. The smallest absolute Gasteiger partial charge is 0.272 e. The molecule has 26 heavy (non-hydrogen) atoms. The molecule has 3 rings (SSSR count). The molecule has 134 valence electrons. The van der Waals surface area contributed by atoms with E-state index < -0.39 is 0 Å². The fourth-order valence-corrected chi connectivity index (χ4v) is 2.66. The zero-order valence-electron chi connectivity index (χ0n) is 15.1. The molecule has 1 N–H and O–H groups in total. The normalized spacial score (nSPS) is 11.8. The van der Waals surface area contributed by atoms with Crippen LogP contribution in [-0.2, 0) is 6.73 Å². The number of amides is 1. The maximum atomic E-state index is 12.5. The minimum atomic E-state index is -0.184. The molecule has 0 saturated heterocycles. The van der Waals surface area contributed by atoms with Crippen molar-refractivity contribution in [2.24, 2.45) is 0 Å². The van der Waals surface area contributed by atoms with Gasteiger partial charge in [-0.1, -0.05) is 55.0 Å². The average Bonchev–Trinajstić information content (AvgIpc) is 3.15. The largest absolute Gasteiger partial charge is 0.471 e. The maximum absolute atomic E-state index is 12.5. The summed E-state index contributed by atoms with van der Waals surface area (Å²) in [5.41, 5.74) is 2.68. The Labute approximate surface area is 153 Å². The van der Waals surface area contributed by atoms with Crippen molar-refractivity contribution in [3.05, 3.63) is 83.7 Å². The van der Waals surface area contributed by atoms with Crippen molar-refractivity contribution in [1.82, 2.24) is 15.1 Å². The molecule has 0 bridgehead atoms. The lowest BCUT2D eigenvalue weighted by molar-refractivity contribution is 0.0928. The number of carbonyl (C=O) groups is 1. The van der Waals surface area contributed by atoms with Crippen molar-refractivity contribution < 1.29 is 9.53 Å². The first-order chi connectivity index (χ1) is 12.7. The van der Waals surface area contributed by atoms with E-state index in [4.69, 9.17) is 4.74 Å². The van der Waals surface area contributed by atoms with Gasteiger partial charge in [0.05, 0.1) is 6.04 Å². The van der Waals surface area contributed by atoms with Crippen LogP contribution >= 0.6 is 0 Å². The van der Waals surface area contributed by atoms with Gasteiger partial charge in [0.15, 0.2) is 6.73 Å². The third-order valence-corrected chi connectivity index (χ3v) is 4.17. The number of hydrogen-bond donors (Lipinski definition) is 1. The summed E-state index contributed by atoms with van der Waals surface area (Å²) in [6.45, 7) is 4.36. The third kappa shape index (κ3) is 4.51. The Bertz CT molecular complexity index is 841. The second-order valence-corrected chi connectivity index (χ2v) is 6.17. The monoisotopic (exact) mass is 349 g/mol. The lowest BCUT2D eigenvalue weighted by Gasteiger charge is -2.17. The number of ether oxygens (including phenoxy) is 1. The van der Waals surface area contributed by atoms with Gasteiger partial charge in [0.2, 0.25) is 0 Å². The number of aromatic nitrogens is 2. The van der Waals surface area contributed by atoms with E-state index in [9.17, 15) is 4.79 Å². The first-order valence-corrected chi connectivity index (χ1v) is 8.74. The van der Waals surface area contributed by atoms with E-state index >= 15 is 0 Å². The molecule has 1 atom stereocenters. The molecule has 0 spiro atoms. The molecule has 0 radical (unpaired) electrons. The number of nitrogens with zero attached hydrogens (tertiary/aromatic N) is 2. The Morgan fingerprint density at radius 1 is 1.12 bits per heavy atom. The summed E-state index contributed by atoms with van der Waals surface area (Å²) in [5, 5.41) is 7.35. The quantitative estimate of drug-likeness (QED) is 0.698. The van der Waals surface area contributed by atoms with Gasteiger partial charge in [-0.2, -0.15) is 5.10 Å². The van der Waals surface area contributed by atoms with Crippen molar-refractivity contribution in [2.75, 3.05) is 0 Å². The molecule has 5 heteroatoms. The van der Waals surface area contributed by atoms with Gasteiger partial charge in [0.25, 0.3) is 5.91 Å². The standard InChI is InChI=1S/C21H23N3O2/c1-3-19(17-11-9-16(2)10-12-17)22-21(25)20-13-14-24(23-20)15-26-18-7-5-4-6-8-18/h4-14,19H,3,15H2,1-2H3,(H,22,25). The van der Waals surface area contributed by atoms with E-state index in [-0.39, 0.29) is 18.7 Å². The number of benzene rings is 2. The van der Waals surface area contributed by atoms with Crippen LogP contribution in [0.2, 0.25) is 0 Å². The number of carbonyl (C=O) groups excluding carboxylic acids is 1. The van der Waals surface area contributed by atoms with Gasteiger partial charge in [0.1, 0.15) is 11.4 Å². The van der Waals surface area contributed by atoms with Crippen LogP contribution in [0.1, 0.15) is 41.0 Å². The minimum Gasteiger partial charge on any atom is -0.471 e. The number of hydrogen-bond acceptors (Lipinski definition) is 3. The Morgan fingerprint density at radius 3 is 2.54 bits per heavy atom. The summed E-state index contributed by atoms with van der Waals surface area (Å²) in [6.07, 6.45) is 2.55. The molecule has 0 aliphatic rings. The molecule has 0 saturated carbocycles. The second-order valence-electron chi connectivity index (χ2n) is 6.17. The van der Waals surface area contributed by atoms with Crippen molar-refractivity contribution in [3.63, 3.8) is 0 Å². The minimum absolute atomic E-state index is 0.0335. The van der Waals surface area contributed by atoms with Gasteiger partial charge in [-0.15, -0.1) is 0 Å². The first kappa shape index (κ1) is 17.7. The molecule has 0 aliphatic carbocycles. The van der Waals surface area contributed by atoms with Crippen molar-refractivity contribution >= 4 is 5.91 Å². The van der Waals surface area contributed by atoms with Crippen LogP contribution < -0.4 is 10.1 Å². The van der Waals surface area contributed by atoms with Gasteiger partial charge in [-0.05, 0) is 37.1 Å². The number of rotatable bonds is 7. The van der Waals surface area contributed by atoms with E-state index in [1.807, 2.05) is 37.3 Å². The molecule has 1 amide bonds. The van der Waals surface area contributed by atoms with Gasteiger partial charge in [-0.3, -0.25) is 4.79 Å². The molecule has 0 aliphatic heterocycles. The molecule has 0 fully saturated rings. The Hall–Kier alpha value is -3.08. The first-order valence-electron chi connectivity index (χ1n) is 8.74. The molecule has 1 aromatic heterocycles. The van der Waals surface area contributed by atoms with Crippen molar-refractivity contribution in [1.29, 1.82) is 0 Å². The molecular weight excluding hydrogens is 326 g/mol. The molecule has 2 aromatic carbocycles. The maximum Gasteiger partial charge on any atom is 0.272 e. The van der Waals surface area contributed by atoms with E-state index in [1.165, 1.54) is 5.56 Å². The summed E-state index contributed by atoms with van der Waals surface area (Å²) in [7, 11) is 0. The van der Waals surface area contributed by atoms with Crippen LogP contribution in [0.3, 0.4) is 0 Å². The van der Waals surface area contributed by atoms with Crippen LogP contribution in [0.15, 0.2) is 66.9 Å². The predicted molar refractivity (Wildman–Crippen MR) is 101 cm³/mol. The van der Waals surface area contributed by atoms with Gasteiger partial charge in [-0.25, -0.2) is 4.68 Å². The van der Waals surface area contributed by atoms with E-state index in [0.717, 1.165) is 17.7 Å². The Balaban J connectivity index is 1.60. The fraction of sp³-hybridized carbons (Fsp3) is 0.238. The summed E-state index contributed by atoms with van der Waals surface area (Å²) in [6, 6.07) is 19.4. The third-order valence-electron chi connectivity index (χ3n) is 4.17. The number of aryl methyl sites for hydroxylation is 1. The van der Waals surface area contributed by atoms with Gasteiger partial charge < -0.3 is 10.1 Å².